The number of aliphatic hydroxyl groups is 1. The molecule has 6 N–H and O–H groups in total. The molecular weight excluding hydrogens is 1220 g/mol. The van der Waals surface area contributed by atoms with Crippen LogP contribution in [0.4, 0.5) is 0 Å². The predicted molar refractivity (Wildman–Crippen MR) is 372 cm³/mol. The Morgan fingerprint density at radius 2 is 1.03 bits per heavy atom. The first-order valence-corrected chi connectivity index (χ1v) is 35.0. The number of rotatable bonds is 20. The van der Waals surface area contributed by atoms with Gasteiger partial charge in [0.25, 0.3) is 5.91 Å². The van der Waals surface area contributed by atoms with Crippen LogP contribution in [-0.2, 0) is 52.7 Å². The van der Waals surface area contributed by atoms with Crippen molar-refractivity contribution in [2.45, 2.75) is 242 Å². The van der Waals surface area contributed by atoms with Crippen LogP contribution in [0.15, 0.2) is 12.2 Å². The first-order chi connectivity index (χ1) is 43.3. The molecule has 25 heteroatoms. The zero-order valence-electron chi connectivity index (χ0n) is 62.5. The molecule has 1 saturated heterocycles. The zero-order valence-corrected chi connectivity index (χ0v) is 63.3. The first kappa shape index (κ1) is 86.2. The number of carbonyl (C=O) groups is 11. The lowest BCUT2D eigenvalue weighted by Gasteiger charge is -2.48. The van der Waals surface area contributed by atoms with Gasteiger partial charge in [-0.2, -0.15) is 0 Å². The molecule has 1 heterocycles. The van der Waals surface area contributed by atoms with Crippen LogP contribution in [0.2, 0.25) is 0 Å². The minimum Gasteiger partial charge on any atom is -0.390 e. The van der Waals surface area contributed by atoms with Gasteiger partial charge in [-0.25, -0.2) is 0 Å². The standard InChI is InChI=1S/C69H126N12O12S/c1-28-30-31-46(15)57(83)56-61(87)73-49(29-2)63(89)75(21)38-54(82)76(22)50(34-40(3)4)60(86)74-55(44(11)12)66(92)77(23)51(35-41(5)6)59(85)71-47(16)58(84)72-48(17)62(88)78(24)52(36-42(7)8)64(90)79(25)53(37-43(9)10)65(91)81(27)69(45(13)14,67(93)80(56)26)94-33-32-70-39-68(18,19)20/h28,30,40-53,55-57,70,83H,29,31-39H2,1-27H3,(H,71,85)(H,72,84)(H,73,87)(H,74,86)/b30-28+/t46-,47+,48-,49+,50+,51+,52+,53+,55+,56+,57-,69+/m1/s1. The van der Waals surface area contributed by atoms with Crippen molar-refractivity contribution in [3.05, 3.63) is 12.2 Å². The van der Waals surface area contributed by atoms with Gasteiger partial charge in [0.05, 0.1) is 12.6 Å². The van der Waals surface area contributed by atoms with Gasteiger partial charge in [0.2, 0.25) is 59.1 Å². The number of hydrogen-bond acceptors (Lipinski definition) is 14. The summed E-state index contributed by atoms with van der Waals surface area (Å²) in [5.41, 5.74) is -0.104. The SMILES string of the molecule is C/C=C/C[C@@H](C)[C@@H](O)[C@H]1C(=O)N[C@@H](CC)C(=O)N(C)CC(=O)N(C)[C@@H](CC(C)C)C(=O)N[C@@H](C(C)C)C(=O)N(C)[C@@H](CC(C)C)C(=O)N[C@@H](C)C(=O)N[C@H](C)C(=O)N(C)[C@@H](CC(C)C)C(=O)N(C)[C@@H](CC(C)C)C(=O)N(C)[C@](SCCNCC(C)(C)C)(C(C)C)C(=O)N1C. The molecule has 0 radical (unpaired) electrons. The van der Waals surface area contributed by atoms with E-state index in [0.29, 0.717) is 19.5 Å². The molecule has 0 aliphatic carbocycles. The van der Waals surface area contributed by atoms with Crippen LogP contribution in [0.1, 0.15) is 177 Å². The highest BCUT2D eigenvalue weighted by atomic mass is 32.2. The number of thioether (sulfide) groups is 1. The Morgan fingerprint density at radius 3 is 1.50 bits per heavy atom. The largest absolute Gasteiger partial charge is 0.390 e. The average Bonchev–Trinajstić information content (AvgIpc) is 0.758. The van der Waals surface area contributed by atoms with Gasteiger partial charge < -0.3 is 66.0 Å². The van der Waals surface area contributed by atoms with E-state index >= 15 is 19.2 Å². The molecule has 0 aromatic carbocycles. The van der Waals surface area contributed by atoms with Crippen LogP contribution in [0.3, 0.4) is 0 Å². The highest BCUT2D eigenvalue weighted by molar-refractivity contribution is 8.01. The quantitative estimate of drug-likeness (QED) is 0.0694. The molecule has 11 amide bonds. The summed E-state index contributed by atoms with van der Waals surface area (Å²) in [5, 5.41) is 27.1. The molecule has 1 aliphatic rings. The van der Waals surface area contributed by atoms with Crippen LogP contribution in [0, 0.1) is 46.8 Å². The first-order valence-electron chi connectivity index (χ1n) is 34.0. The van der Waals surface area contributed by atoms with Crippen molar-refractivity contribution >= 4 is 76.7 Å². The van der Waals surface area contributed by atoms with Crippen molar-refractivity contribution in [3.63, 3.8) is 0 Å². The fourth-order valence-electron chi connectivity index (χ4n) is 11.7. The molecule has 24 nitrogen and oxygen atoms in total. The maximum absolute atomic E-state index is 16.2. The monoisotopic (exact) mass is 1350 g/mol. The van der Waals surface area contributed by atoms with Crippen molar-refractivity contribution in [1.29, 1.82) is 0 Å². The summed E-state index contributed by atoms with van der Waals surface area (Å²) in [6.45, 7) is 36.8. The van der Waals surface area contributed by atoms with E-state index in [1.165, 1.54) is 99.4 Å². The van der Waals surface area contributed by atoms with Crippen LogP contribution >= 0.6 is 11.8 Å². The number of amides is 11. The van der Waals surface area contributed by atoms with Gasteiger partial charge in [0.1, 0.15) is 54.4 Å². The maximum Gasteiger partial charge on any atom is 0.259 e. The van der Waals surface area contributed by atoms with E-state index in [1.54, 1.807) is 47.6 Å². The van der Waals surface area contributed by atoms with Gasteiger partial charge >= 0.3 is 0 Å². The van der Waals surface area contributed by atoms with Gasteiger partial charge in [0.15, 0.2) is 4.87 Å². The summed E-state index contributed by atoms with van der Waals surface area (Å²) >= 11 is 1.18. The van der Waals surface area contributed by atoms with Crippen molar-refractivity contribution < 1.29 is 57.8 Å². The summed E-state index contributed by atoms with van der Waals surface area (Å²) in [4.78, 5) is 171. The Labute approximate surface area is 569 Å². The molecule has 0 unspecified atom stereocenters. The molecule has 1 fully saturated rings. The molecule has 0 spiro atoms. The predicted octanol–water partition coefficient (Wildman–Crippen LogP) is 4.97. The third-order valence-corrected chi connectivity index (χ3v) is 19.3. The number of nitrogens with zero attached hydrogens (tertiary/aromatic N) is 7. The zero-order chi connectivity index (χ0) is 72.9. The van der Waals surface area contributed by atoms with Crippen LogP contribution in [0.25, 0.3) is 0 Å². The summed E-state index contributed by atoms with van der Waals surface area (Å²) in [6, 6.07) is -11.3. The number of hydrogen-bond donors (Lipinski definition) is 6. The van der Waals surface area contributed by atoms with Crippen LogP contribution < -0.4 is 26.6 Å². The molecule has 0 saturated carbocycles. The van der Waals surface area contributed by atoms with Crippen molar-refractivity contribution in [3.8, 4) is 0 Å². The van der Waals surface area contributed by atoms with Crippen LogP contribution in [-0.4, -0.2) is 244 Å². The van der Waals surface area contributed by atoms with E-state index in [9.17, 15) is 38.7 Å². The Hall–Kier alpha value is -5.82. The Morgan fingerprint density at radius 1 is 0.574 bits per heavy atom. The number of aliphatic hydroxyl groups excluding tert-OH is 1. The second-order valence-corrected chi connectivity index (χ2v) is 31.1. The maximum atomic E-state index is 16.2. The third kappa shape index (κ3) is 24.4. The lowest BCUT2D eigenvalue weighted by atomic mass is 9.91. The molecule has 0 aromatic rings. The summed E-state index contributed by atoms with van der Waals surface area (Å²) in [7, 11) is 10.1. The lowest BCUT2D eigenvalue weighted by Crippen LogP contribution is -2.68. The molecule has 0 aromatic heterocycles. The van der Waals surface area contributed by atoms with Crippen LogP contribution in [0.5, 0.6) is 0 Å². The molecule has 1 rings (SSSR count). The van der Waals surface area contributed by atoms with Gasteiger partial charge in [-0.15, -0.1) is 11.8 Å². The number of allylic oxidation sites excluding steroid dienone is 2. The Balaban J connectivity index is 4.59. The lowest BCUT2D eigenvalue weighted by molar-refractivity contribution is -0.159. The normalized spacial score (nSPS) is 26.5. The fraction of sp³-hybridized carbons (Fsp3) is 0.812. The summed E-state index contributed by atoms with van der Waals surface area (Å²) < 4.78 is 0. The number of carbonyl (C=O) groups excluding carboxylic acids is 11. The fourth-order valence-corrected chi connectivity index (χ4v) is 13.1. The molecule has 94 heavy (non-hydrogen) atoms. The van der Waals surface area contributed by atoms with Crippen molar-refractivity contribution in [2.75, 3.05) is 74.7 Å². The van der Waals surface area contributed by atoms with Crippen molar-refractivity contribution in [2.24, 2.45) is 46.8 Å². The minimum atomic E-state index is -1.83. The van der Waals surface area contributed by atoms with Gasteiger partial charge in [-0.1, -0.05) is 130 Å². The summed E-state index contributed by atoms with van der Waals surface area (Å²) in [6.07, 6.45) is 2.94. The van der Waals surface area contributed by atoms with Crippen molar-refractivity contribution in [1.82, 2.24) is 60.9 Å². The molecule has 1 aliphatic heterocycles. The van der Waals surface area contributed by atoms with Gasteiger partial charge in [-0.05, 0) is 106 Å². The molecular formula is C69H126N12O12S. The van der Waals surface area contributed by atoms with E-state index in [0.717, 1.165) is 9.80 Å². The van der Waals surface area contributed by atoms with E-state index in [1.807, 2.05) is 68.4 Å². The molecule has 12 atom stereocenters. The highest BCUT2D eigenvalue weighted by Gasteiger charge is 2.54. The van der Waals surface area contributed by atoms with Gasteiger partial charge in [-0.3, -0.25) is 52.7 Å². The molecule has 540 valence electrons. The Bertz CT molecular complexity index is 2580. The van der Waals surface area contributed by atoms with E-state index < -0.39 is 155 Å². The Kier molecular flexibility index (Phi) is 35.6. The van der Waals surface area contributed by atoms with Gasteiger partial charge in [0, 0.05) is 68.2 Å². The minimum absolute atomic E-state index is 0.00772. The average molecular weight is 1350 g/mol. The number of likely N-dealkylation sites (N-methyl/N-ethyl adjacent to an activating group) is 7. The molecule has 0 bridgehead atoms. The third-order valence-electron chi connectivity index (χ3n) is 17.6. The second-order valence-electron chi connectivity index (χ2n) is 29.8. The number of nitrogens with one attached hydrogen (secondary N) is 5. The summed E-state index contributed by atoms with van der Waals surface area (Å²) in [5.74, 6) is -9.71. The smallest absolute Gasteiger partial charge is 0.259 e. The topological polar surface area (TPSA) is 291 Å². The highest BCUT2D eigenvalue weighted by Crippen LogP contribution is 2.40. The van der Waals surface area contributed by atoms with E-state index in [4.69, 9.17) is 0 Å². The van der Waals surface area contributed by atoms with E-state index in [-0.39, 0.29) is 66.9 Å². The van der Waals surface area contributed by atoms with E-state index in [2.05, 4.69) is 47.4 Å². The second kappa shape index (κ2) is 38.8.